The van der Waals surface area contributed by atoms with E-state index in [2.05, 4.69) is 10.6 Å². The molecule has 1 amide bonds. The molecule has 1 heterocycles. The van der Waals surface area contributed by atoms with Crippen LogP contribution < -0.4 is 16.2 Å². The zero-order valence-corrected chi connectivity index (χ0v) is 13.5. The number of pyridine rings is 1. The molecule has 0 fully saturated rings. The molecular formula is C15H20ClN3O4. The Morgan fingerprint density at radius 3 is 2.61 bits per heavy atom. The quantitative estimate of drug-likeness (QED) is 0.553. The fourth-order valence-corrected chi connectivity index (χ4v) is 2.24. The van der Waals surface area contributed by atoms with E-state index in [-0.39, 0.29) is 36.9 Å². The fraction of sp³-hybridized carbons (Fsp3) is 0.333. The molecule has 0 atom stereocenters. The molecule has 0 aliphatic heterocycles. The van der Waals surface area contributed by atoms with Crippen molar-refractivity contribution in [3.05, 3.63) is 40.2 Å². The number of carbonyl (C=O) groups is 1. The first-order valence-electron chi connectivity index (χ1n) is 6.98. The lowest BCUT2D eigenvalue weighted by Crippen LogP contribution is -2.36. The predicted octanol–water partition coefficient (Wildman–Crippen LogP) is -0.0224. The van der Waals surface area contributed by atoms with Gasteiger partial charge in [0.15, 0.2) is 0 Å². The van der Waals surface area contributed by atoms with Crippen molar-refractivity contribution in [2.45, 2.75) is 0 Å². The molecular weight excluding hydrogens is 322 g/mol. The summed E-state index contributed by atoms with van der Waals surface area (Å²) in [6.45, 7) is 1.19. The molecule has 1 aromatic heterocycles. The lowest BCUT2D eigenvalue weighted by Gasteiger charge is -2.12. The third-order valence-electron chi connectivity index (χ3n) is 3.38. The van der Waals surface area contributed by atoms with Crippen LogP contribution in [-0.4, -0.2) is 46.9 Å². The van der Waals surface area contributed by atoms with Crippen LogP contribution in [0.1, 0.15) is 10.4 Å². The Labute approximate surface area is 139 Å². The maximum atomic E-state index is 12.3. The number of hydrogen-bond donors (Lipinski definition) is 4. The number of aromatic hydroxyl groups is 1. The van der Waals surface area contributed by atoms with E-state index in [4.69, 9.17) is 5.11 Å². The van der Waals surface area contributed by atoms with E-state index in [9.17, 15) is 14.7 Å². The smallest absolute Gasteiger partial charge is 0.267 e. The third-order valence-corrected chi connectivity index (χ3v) is 3.38. The van der Waals surface area contributed by atoms with Crippen LogP contribution in [0.2, 0.25) is 0 Å². The van der Waals surface area contributed by atoms with E-state index in [1.54, 1.807) is 31.3 Å². The Kier molecular flexibility index (Phi) is 7.02. The van der Waals surface area contributed by atoms with Crippen LogP contribution in [-0.2, 0) is 7.05 Å². The van der Waals surface area contributed by atoms with Crippen molar-refractivity contribution in [1.29, 1.82) is 0 Å². The maximum Gasteiger partial charge on any atom is 0.267 e. The van der Waals surface area contributed by atoms with E-state index in [1.165, 1.54) is 4.57 Å². The molecule has 1 aromatic carbocycles. The summed E-state index contributed by atoms with van der Waals surface area (Å²) in [7, 11) is 1.56. The highest BCUT2D eigenvalue weighted by Crippen LogP contribution is 2.25. The van der Waals surface area contributed by atoms with Crippen molar-refractivity contribution in [1.82, 2.24) is 15.2 Å². The van der Waals surface area contributed by atoms with Crippen molar-refractivity contribution in [2.24, 2.45) is 7.05 Å². The Bertz CT molecular complexity index is 745. The van der Waals surface area contributed by atoms with Crippen LogP contribution in [0.25, 0.3) is 10.9 Å². The van der Waals surface area contributed by atoms with Crippen molar-refractivity contribution >= 4 is 29.2 Å². The molecule has 0 unspecified atom stereocenters. The van der Waals surface area contributed by atoms with Crippen LogP contribution in [0.5, 0.6) is 5.75 Å². The van der Waals surface area contributed by atoms with Gasteiger partial charge in [-0.3, -0.25) is 9.59 Å². The molecule has 0 aliphatic rings. The highest BCUT2D eigenvalue weighted by Gasteiger charge is 2.20. The Morgan fingerprint density at radius 1 is 1.22 bits per heavy atom. The van der Waals surface area contributed by atoms with Gasteiger partial charge in [-0.05, 0) is 12.1 Å². The third kappa shape index (κ3) is 4.01. The second kappa shape index (κ2) is 8.52. The molecule has 0 bridgehead atoms. The number of aryl methyl sites for hydroxylation is 1. The van der Waals surface area contributed by atoms with Crippen LogP contribution in [0.3, 0.4) is 0 Å². The van der Waals surface area contributed by atoms with Crippen LogP contribution >= 0.6 is 12.4 Å². The topological polar surface area (TPSA) is 104 Å². The van der Waals surface area contributed by atoms with Crippen molar-refractivity contribution in [3.8, 4) is 5.75 Å². The summed E-state index contributed by atoms with van der Waals surface area (Å²) in [6, 6.07) is 6.85. The largest absolute Gasteiger partial charge is 0.506 e. The molecule has 0 radical (unpaired) electrons. The number of nitrogens with zero attached hydrogens (tertiary/aromatic N) is 1. The van der Waals surface area contributed by atoms with Crippen LogP contribution in [0.15, 0.2) is 29.1 Å². The Balaban J connectivity index is 0.00000264. The summed E-state index contributed by atoms with van der Waals surface area (Å²) < 4.78 is 1.34. The zero-order valence-electron chi connectivity index (χ0n) is 12.7. The minimum atomic E-state index is -0.616. The van der Waals surface area contributed by atoms with E-state index in [0.29, 0.717) is 24.0 Å². The average molecular weight is 342 g/mol. The van der Waals surface area contributed by atoms with E-state index in [1.807, 2.05) is 0 Å². The number of halogens is 1. The first kappa shape index (κ1) is 19.0. The number of para-hydroxylation sites is 1. The number of aromatic nitrogens is 1. The summed E-state index contributed by atoms with van der Waals surface area (Å²) in [4.78, 5) is 24.4. The van der Waals surface area contributed by atoms with Crippen LogP contribution in [0, 0.1) is 0 Å². The lowest BCUT2D eigenvalue weighted by molar-refractivity contribution is 0.0949. The monoisotopic (exact) mass is 341 g/mol. The SMILES string of the molecule is Cl.Cn1c(=O)c(C(=O)NCCNCCO)c(O)c2ccccc21. The zero-order chi connectivity index (χ0) is 16.1. The van der Waals surface area contributed by atoms with Gasteiger partial charge in [0.05, 0.1) is 12.1 Å². The summed E-state index contributed by atoms with van der Waals surface area (Å²) in [5, 5.41) is 24.8. The molecule has 8 heteroatoms. The molecule has 2 aromatic rings. The molecule has 4 N–H and O–H groups in total. The van der Waals surface area contributed by atoms with Gasteiger partial charge in [0.2, 0.25) is 0 Å². The van der Waals surface area contributed by atoms with Crippen molar-refractivity contribution < 1.29 is 15.0 Å². The Morgan fingerprint density at radius 2 is 1.91 bits per heavy atom. The first-order valence-corrected chi connectivity index (χ1v) is 6.98. The predicted molar refractivity (Wildman–Crippen MR) is 90.4 cm³/mol. The van der Waals surface area contributed by atoms with Gasteiger partial charge in [-0.25, -0.2) is 0 Å². The Hall–Kier alpha value is -2.09. The number of aliphatic hydroxyl groups is 1. The molecule has 0 aliphatic carbocycles. The molecule has 23 heavy (non-hydrogen) atoms. The normalized spacial score (nSPS) is 10.3. The fourth-order valence-electron chi connectivity index (χ4n) is 2.24. The lowest BCUT2D eigenvalue weighted by atomic mass is 10.1. The van der Waals surface area contributed by atoms with Gasteiger partial charge in [-0.15, -0.1) is 12.4 Å². The highest BCUT2D eigenvalue weighted by atomic mass is 35.5. The molecule has 0 saturated heterocycles. The standard InChI is InChI=1S/C15H19N3O4.ClH/c1-18-11-5-3-2-4-10(11)13(20)12(15(18)22)14(21)17-7-6-16-8-9-19;/h2-5,16,19-20H,6-9H2,1H3,(H,17,21);1H. The van der Waals surface area contributed by atoms with Gasteiger partial charge in [0, 0.05) is 32.1 Å². The molecule has 0 spiro atoms. The number of nitrogens with one attached hydrogen (secondary N) is 2. The van der Waals surface area contributed by atoms with Gasteiger partial charge < -0.3 is 25.4 Å². The van der Waals surface area contributed by atoms with Crippen molar-refractivity contribution in [3.63, 3.8) is 0 Å². The van der Waals surface area contributed by atoms with Crippen molar-refractivity contribution in [2.75, 3.05) is 26.2 Å². The van der Waals surface area contributed by atoms with Gasteiger partial charge in [-0.2, -0.15) is 0 Å². The van der Waals surface area contributed by atoms with E-state index in [0.717, 1.165) is 0 Å². The minimum absolute atomic E-state index is 0. The second-order valence-electron chi connectivity index (χ2n) is 4.83. The summed E-state index contributed by atoms with van der Waals surface area (Å²) in [5.74, 6) is -0.922. The molecule has 126 valence electrons. The number of fused-ring (bicyclic) bond motifs is 1. The van der Waals surface area contributed by atoms with Gasteiger partial charge in [0.1, 0.15) is 11.3 Å². The molecule has 7 nitrogen and oxygen atoms in total. The number of rotatable bonds is 6. The number of carbonyl (C=O) groups excluding carboxylic acids is 1. The summed E-state index contributed by atoms with van der Waals surface area (Å²) in [5.41, 5.74) is -0.244. The summed E-state index contributed by atoms with van der Waals surface area (Å²) in [6.07, 6.45) is 0. The average Bonchev–Trinajstić information content (AvgIpc) is 2.53. The van der Waals surface area contributed by atoms with Crippen LogP contribution in [0.4, 0.5) is 0 Å². The minimum Gasteiger partial charge on any atom is -0.506 e. The first-order chi connectivity index (χ1) is 10.6. The van der Waals surface area contributed by atoms with Gasteiger partial charge in [0.25, 0.3) is 11.5 Å². The number of amides is 1. The van der Waals surface area contributed by atoms with E-state index < -0.39 is 11.5 Å². The molecule has 0 saturated carbocycles. The number of hydrogen-bond acceptors (Lipinski definition) is 5. The second-order valence-corrected chi connectivity index (χ2v) is 4.83. The number of aliphatic hydroxyl groups excluding tert-OH is 1. The summed E-state index contributed by atoms with van der Waals surface area (Å²) >= 11 is 0. The molecule has 2 rings (SSSR count). The van der Waals surface area contributed by atoms with E-state index >= 15 is 0 Å². The van der Waals surface area contributed by atoms with Gasteiger partial charge >= 0.3 is 0 Å². The number of benzene rings is 1. The maximum absolute atomic E-state index is 12.3. The highest BCUT2D eigenvalue weighted by molar-refractivity contribution is 6.02. The van der Waals surface area contributed by atoms with Gasteiger partial charge in [-0.1, -0.05) is 12.1 Å².